The molecule has 3 N–H and O–H groups in total. The monoisotopic (exact) mass is 249 g/mol. The lowest BCUT2D eigenvalue weighted by Gasteiger charge is -2.23. The summed E-state index contributed by atoms with van der Waals surface area (Å²) >= 11 is 0. The van der Waals surface area contributed by atoms with E-state index >= 15 is 0 Å². The van der Waals surface area contributed by atoms with Gasteiger partial charge in [-0.1, -0.05) is 13.8 Å². The van der Waals surface area contributed by atoms with E-state index in [1.807, 2.05) is 25.2 Å². The van der Waals surface area contributed by atoms with Crippen molar-refractivity contribution < 1.29 is 4.74 Å². The van der Waals surface area contributed by atoms with E-state index in [9.17, 15) is 0 Å². The predicted molar refractivity (Wildman–Crippen MR) is 76.7 cm³/mol. The minimum Gasteiger partial charge on any atom is -0.497 e. The van der Waals surface area contributed by atoms with Gasteiger partial charge in [0.05, 0.1) is 12.8 Å². The Labute approximate surface area is 109 Å². The molecular weight excluding hydrogens is 226 g/mol. The molecule has 0 atom stereocenters. The van der Waals surface area contributed by atoms with Gasteiger partial charge in [-0.05, 0) is 24.5 Å². The van der Waals surface area contributed by atoms with E-state index in [4.69, 9.17) is 15.9 Å². The smallest absolute Gasteiger partial charge is 0.124 e. The van der Waals surface area contributed by atoms with Crippen molar-refractivity contribution in [2.45, 2.75) is 20.3 Å². The molecule has 1 aromatic rings. The summed E-state index contributed by atoms with van der Waals surface area (Å²) in [6.45, 7) is 5.34. The van der Waals surface area contributed by atoms with E-state index in [0.717, 1.165) is 30.0 Å². The molecule has 0 amide bonds. The number of amidine groups is 1. The third-order valence-electron chi connectivity index (χ3n) is 2.95. The molecule has 0 saturated carbocycles. The van der Waals surface area contributed by atoms with E-state index in [1.165, 1.54) is 0 Å². The van der Waals surface area contributed by atoms with Crippen LogP contribution in [0.25, 0.3) is 0 Å². The first kappa shape index (κ1) is 14.4. The standard InChI is InChI=1S/C14H23N3O/c1-10(2)7-8-17(3)13-9-11(18-4)5-6-12(13)14(15)16/h5-6,9-10H,7-8H2,1-4H3,(H3,15,16). The third kappa shape index (κ3) is 3.65. The molecule has 0 aliphatic heterocycles. The number of hydrogen-bond acceptors (Lipinski definition) is 3. The van der Waals surface area contributed by atoms with Crippen LogP contribution in [0.2, 0.25) is 0 Å². The van der Waals surface area contributed by atoms with Gasteiger partial charge in [-0.25, -0.2) is 0 Å². The number of hydrogen-bond donors (Lipinski definition) is 2. The lowest BCUT2D eigenvalue weighted by molar-refractivity contribution is 0.414. The average molecular weight is 249 g/mol. The number of nitrogen functional groups attached to an aromatic ring is 1. The molecule has 0 radical (unpaired) electrons. The van der Waals surface area contributed by atoms with Crippen molar-refractivity contribution in [3.05, 3.63) is 23.8 Å². The van der Waals surface area contributed by atoms with E-state index in [-0.39, 0.29) is 5.84 Å². The van der Waals surface area contributed by atoms with Gasteiger partial charge in [0, 0.05) is 25.2 Å². The topological polar surface area (TPSA) is 62.3 Å². The highest BCUT2D eigenvalue weighted by Gasteiger charge is 2.11. The molecule has 4 nitrogen and oxygen atoms in total. The minimum atomic E-state index is 0.0871. The molecule has 0 spiro atoms. The summed E-state index contributed by atoms with van der Waals surface area (Å²) in [5.74, 6) is 1.52. The molecule has 0 aliphatic carbocycles. The quantitative estimate of drug-likeness (QED) is 0.601. The van der Waals surface area contributed by atoms with Crippen LogP contribution in [0.15, 0.2) is 18.2 Å². The fraction of sp³-hybridized carbons (Fsp3) is 0.500. The highest BCUT2D eigenvalue weighted by Crippen LogP contribution is 2.25. The Morgan fingerprint density at radius 1 is 1.44 bits per heavy atom. The molecular formula is C14H23N3O. The average Bonchev–Trinajstić information content (AvgIpc) is 2.34. The van der Waals surface area contributed by atoms with Crippen molar-refractivity contribution >= 4 is 11.5 Å². The van der Waals surface area contributed by atoms with Gasteiger partial charge in [0.2, 0.25) is 0 Å². The van der Waals surface area contributed by atoms with Crippen LogP contribution in [-0.4, -0.2) is 26.5 Å². The summed E-state index contributed by atoms with van der Waals surface area (Å²) in [5.41, 5.74) is 7.31. The van der Waals surface area contributed by atoms with Gasteiger partial charge >= 0.3 is 0 Å². The second kappa shape index (κ2) is 6.28. The van der Waals surface area contributed by atoms with Gasteiger partial charge in [-0.2, -0.15) is 0 Å². The van der Waals surface area contributed by atoms with E-state index in [2.05, 4.69) is 18.7 Å². The zero-order valence-corrected chi connectivity index (χ0v) is 11.7. The van der Waals surface area contributed by atoms with Crippen LogP contribution < -0.4 is 15.4 Å². The fourth-order valence-electron chi connectivity index (χ4n) is 1.75. The molecule has 0 saturated heterocycles. The molecule has 0 bridgehead atoms. The number of nitrogens with one attached hydrogen (secondary N) is 1. The van der Waals surface area contributed by atoms with E-state index in [0.29, 0.717) is 5.92 Å². The Morgan fingerprint density at radius 2 is 2.11 bits per heavy atom. The third-order valence-corrected chi connectivity index (χ3v) is 2.95. The first-order valence-electron chi connectivity index (χ1n) is 6.19. The molecule has 0 aliphatic rings. The number of rotatable bonds is 6. The second-order valence-corrected chi connectivity index (χ2v) is 4.90. The number of nitrogens with two attached hydrogens (primary N) is 1. The Balaban J connectivity index is 2.99. The number of benzene rings is 1. The molecule has 0 unspecified atom stereocenters. The molecule has 1 rings (SSSR count). The number of nitrogens with zero attached hydrogens (tertiary/aromatic N) is 1. The van der Waals surface area contributed by atoms with Crippen molar-refractivity contribution in [1.29, 1.82) is 5.41 Å². The van der Waals surface area contributed by atoms with Crippen LogP contribution in [0.4, 0.5) is 5.69 Å². The van der Waals surface area contributed by atoms with Crippen LogP contribution in [0, 0.1) is 11.3 Å². The van der Waals surface area contributed by atoms with Gasteiger partial charge in [0.15, 0.2) is 0 Å². The summed E-state index contributed by atoms with van der Waals surface area (Å²) in [6.07, 6.45) is 1.10. The lowest BCUT2D eigenvalue weighted by Crippen LogP contribution is -2.24. The molecule has 1 aromatic carbocycles. The number of anilines is 1. The summed E-state index contributed by atoms with van der Waals surface area (Å²) in [5, 5.41) is 7.62. The van der Waals surface area contributed by atoms with Crippen molar-refractivity contribution in [3.63, 3.8) is 0 Å². The van der Waals surface area contributed by atoms with Gasteiger partial charge in [0.25, 0.3) is 0 Å². The van der Waals surface area contributed by atoms with Gasteiger partial charge in [0.1, 0.15) is 11.6 Å². The Kier molecular flexibility index (Phi) is 5.01. The van der Waals surface area contributed by atoms with Crippen LogP contribution in [0.3, 0.4) is 0 Å². The van der Waals surface area contributed by atoms with Gasteiger partial charge in [-0.15, -0.1) is 0 Å². The van der Waals surface area contributed by atoms with Crippen molar-refractivity contribution in [2.24, 2.45) is 11.7 Å². The lowest BCUT2D eigenvalue weighted by atomic mass is 10.1. The Hall–Kier alpha value is -1.71. The van der Waals surface area contributed by atoms with Crippen molar-refractivity contribution in [3.8, 4) is 5.75 Å². The largest absolute Gasteiger partial charge is 0.497 e. The molecule has 0 heterocycles. The zero-order chi connectivity index (χ0) is 13.7. The van der Waals surface area contributed by atoms with E-state index in [1.54, 1.807) is 7.11 Å². The second-order valence-electron chi connectivity index (χ2n) is 4.90. The number of methoxy groups -OCH3 is 1. The van der Waals surface area contributed by atoms with Crippen LogP contribution >= 0.6 is 0 Å². The molecule has 0 fully saturated rings. The fourth-order valence-corrected chi connectivity index (χ4v) is 1.75. The molecule has 4 heteroatoms. The maximum absolute atomic E-state index is 7.62. The Morgan fingerprint density at radius 3 is 2.61 bits per heavy atom. The summed E-state index contributed by atoms with van der Waals surface area (Å²) < 4.78 is 5.23. The normalized spacial score (nSPS) is 10.5. The highest BCUT2D eigenvalue weighted by atomic mass is 16.5. The summed E-state index contributed by atoms with van der Waals surface area (Å²) in [6, 6.07) is 5.59. The van der Waals surface area contributed by atoms with Gasteiger partial charge < -0.3 is 15.4 Å². The first-order valence-corrected chi connectivity index (χ1v) is 6.19. The van der Waals surface area contributed by atoms with Crippen molar-refractivity contribution in [2.75, 3.05) is 25.6 Å². The molecule has 18 heavy (non-hydrogen) atoms. The Bertz CT molecular complexity index is 416. The maximum Gasteiger partial charge on any atom is 0.124 e. The molecule has 100 valence electrons. The van der Waals surface area contributed by atoms with Crippen molar-refractivity contribution in [1.82, 2.24) is 0 Å². The van der Waals surface area contributed by atoms with Crippen LogP contribution in [0.1, 0.15) is 25.8 Å². The van der Waals surface area contributed by atoms with E-state index < -0.39 is 0 Å². The first-order chi connectivity index (χ1) is 8.45. The summed E-state index contributed by atoms with van der Waals surface area (Å²) in [7, 11) is 3.66. The SMILES string of the molecule is COc1ccc(C(=N)N)c(N(C)CCC(C)C)c1. The summed E-state index contributed by atoms with van der Waals surface area (Å²) in [4.78, 5) is 2.12. The highest BCUT2D eigenvalue weighted by molar-refractivity contribution is 6.00. The zero-order valence-electron chi connectivity index (χ0n) is 11.7. The maximum atomic E-state index is 7.62. The van der Waals surface area contributed by atoms with Gasteiger partial charge in [-0.3, -0.25) is 5.41 Å². The minimum absolute atomic E-state index is 0.0871. The van der Waals surface area contributed by atoms with Crippen LogP contribution in [0.5, 0.6) is 5.75 Å². The van der Waals surface area contributed by atoms with Crippen LogP contribution in [-0.2, 0) is 0 Å². The predicted octanol–water partition coefficient (Wildman–Crippen LogP) is 2.46. The molecule has 0 aromatic heterocycles. The number of ether oxygens (including phenoxy) is 1.